The summed E-state index contributed by atoms with van der Waals surface area (Å²) in [4.78, 5) is 13.5. The third kappa shape index (κ3) is 2.70. The molecule has 0 spiro atoms. The minimum atomic E-state index is 0.0332. The molecule has 2 heterocycles. The van der Waals surface area contributed by atoms with Gasteiger partial charge in [-0.15, -0.1) is 0 Å². The second-order valence-electron chi connectivity index (χ2n) is 4.79. The number of likely N-dealkylation sites (tertiary alicyclic amines) is 1. The van der Waals surface area contributed by atoms with Crippen LogP contribution in [-0.4, -0.2) is 41.0 Å². The maximum absolute atomic E-state index is 11.1. The Labute approximate surface area is 96.0 Å². The third-order valence-corrected chi connectivity index (χ3v) is 3.34. The van der Waals surface area contributed by atoms with Crippen LogP contribution in [-0.2, 0) is 6.42 Å². The summed E-state index contributed by atoms with van der Waals surface area (Å²) in [6.07, 6.45) is 3.50. The summed E-state index contributed by atoms with van der Waals surface area (Å²) in [5, 5.41) is 6.97. The van der Waals surface area contributed by atoms with Crippen molar-refractivity contribution in [3.05, 3.63) is 17.5 Å². The number of hydrogen-bond acceptors (Lipinski definition) is 3. The van der Waals surface area contributed by atoms with E-state index in [9.17, 15) is 4.79 Å². The third-order valence-electron chi connectivity index (χ3n) is 3.34. The molecule has 0 amide bonds. The molecule has 0 aliphatic carbocycles. The molecule has 0 radical (unpaired) electrons. The van der Waals surface area contributed by atoms with Crippen LogP contribution in [0.4, 0.5) is 0 Å². The molecule has 1 fully saturated rings. The van der Waals surface area contributed by atoms with E-state index in [0.29, 0.717) is 5.69 Å². The number of piperidine rings is 1. The Bertz CT molecular complexity index is 364. The van der Waals surface area contributed by atoms with Crippen LogP contribution in [0, 0.1) is 5.92 Å². The highest BCUT2D eigenvalue weighted by molar-refractivity contribution is 5.92. The number of hydrogen-bond donors (Lipinski definition) is 1. The largest absolute Gasteiger partial charge is 0.306 e. The zero-order valence-electron chi connectivity index (χ0n) is 9.99. The molecule has 2 rings (SSSR count). The molecule has 4 heteroatoms. The van der Waals surface area contributed by atoms with Gasteiger partial charge in [0.05, 0.1) is 0 Å². The number of nitrogens with zero attached hydrogens (tertiary/aromatic N) is 2. The lowest BCUT2D eigenvalue weighted by Gasteiger charge is -2.28. The molecule has 1 N–H and O–H groups in total. The van der Waals surface area contributed by atoms with Crippen molar-refractivity contribution in [2.24, 2.45) is 5.92 Å². The minimum Gasteiger partial charge on any atom is -0.306 e. The zero-order valence-corrected chi connectivity index (χ0v) is 9.99. The van der Waals surface area contributed by atoms with Crippen molar-refractivity contribution >= 4 is 5.78 Å². The molecule has 1 aliphatic rings. The Hall–Kier alpha value is -1.16. The summed E-state index contributed by atoms with van der Waals surface area (Å²) in [6, 6.07) is 1.89. The van der Waals surface area contributed by atoms with Gasteiger partial charge in [-0.3, -0.25) is 9.89 Å². The number of nitrogens with one attached hydrogen (secondary N) is 1. The van der Waals surface area contributed by atoms with Crippen molar-refractivity contribution in [3.63, 3.8) is 0 Å². The number of aromatic amines is 1. The fourth-order valence-corrected chi connectivity index (χ4v) is 2.22. The van der Waals surface area contributed by atoms with Crippen molar-refractivity contribution in [1.82, 2.24) is 15.1 Å². The van der Waals surface area contributed by atoms with Gasteiger partial charge >= 0.3 is 0 Å². The SMILES string of the molecule is CC(=O)c1cc(CC2CCN(C)CC2)[nH]n1. The molecule has 0 bridgehead atoms. The van der Waals surface area contributed by atoms with Crippen molar-refractivity contribution in [3.8, 4) is 0 Å². The molecular weight excluding hydrogens is 202 g/mol. The molecular formula is C12H19N3O. The van der Waals surface area contributed by atoms with E-state index in [1.165, 1.54) is 25.9 Å². The van der Waals surface area contributed by atoms with E-state index in [1.54, 1.807) is 6.92 Å². The average Bonchev–Trinajstić information content (AvgIpc) is 2.70. The number of rotatable bonds is 3. The molecule has 88 valence electrons. The minimum absolute atomic E-state index is 0.0332. The summed E-state index contributed by atoms with van der Waals surface area (Å²) < 4.78 is 0. The first kappa shape index (κ1) is 11.3. The molecule has 0 unspecified atom stereocenters. The van der Waals surface area contributed by atoms with Crippen LogP contribution in [0.15, 0.2) is 6.07 Å². The van der Waals surface area contributed by atoms with E-state index >= 15 is 0 Å². The number of carbonyl (C=O) groups is 1. The maximum atomic E-state index is 11.1. The van der Waals surface area contributed by atoms with Gasteiger partial charge in [0.2, 0.25) is 0 Å². The maximum Gasteiger partial charge on any atom is 0.179 e. The standard InChI is InChI=1S/C12H19N3O/c1-9(16)12-8-11(13-14-12)7-10-3-5-15(2)6-4-10/h8,10H,3-7H2,1-2H3,(H,13,14). The molecule has 16 heavy (non-hydrogen) atoms. The van der Waals surface area contributed by atoms with Gasteiger partial charge in [0.25, 0.3) is 0 Å². The van der Waals surface area contributed by atoms with Crippen LogP contribution in [0.5, 0.6) is 0 Å². The summed E-state index contributed by atoms with van der Waals surface area (Å²) in [7, 11) is 2.17. The number of H-pyrrole nitrogens is 1. The average molecular weight is 221 g/mol. The topological polar surface area (TPSA) is 49.0 Å². The van der Waals surface area contributed by atoms with E-state index in [1.807, 2.05) is 6.07 Å². The number of Topliss-reactive ketones (excluding diaryl/α,β-unsaturated/α-hetero) is 1. The Morgan fingerprint density at radius 2 is 2.25 bits per heavy atom. The highest BCUT2D eigenvalue weighted by atomic mass is 16.1. The number of carbonyl (C=O) groups excluding carboxylic acids is 1. The Balaban J connectivity index is 1.91. The molecule has 1 saturated heterocycles. The van der Waals surface area contributed by atoms with Crippen molar-refractivity contribution in [1.29, 1.82) is 0 Å². The summed E-state index contributed by atoms with van der Waals surface area (Å²) in [5.74, 6) is 0.766. The molecule has 0 aromatic carbocycles. The Morgan fingerprint density at radius 3 is 2.81 bits per heavy atom. The number of aromatic nitrogens is 2. The van der Waals surface area contributed by atoms with E-state index < -0.39 is 0 Å². The van der Waals surface area contributed by atoms with Crippen LogP contribution in [0.1, 0.15) is 35.9 Å². The lowest BCUT2D eigenvalue weighted by molar-refractivity contribution is 0.101. The second-order valence-corrected chi connectivity index (χ2v) is 4.79. The van der Waals surface area contributed by atoms with E-state index in [-0.39, 0.29) is 5.78 Å². The van der Waals surface area contributed by atoms with Crippen LogP contribution in [0.3, 0.4) is 0 Å². The van der Waals surface area contributed by atoms with Crippen molar-refractivity contribution in [2.45, 2.75) is 26.2 Å². The van der Waals surface area contributed by atoms with E-state index in [0.717, 1.165) is 18.0 Å². The molecule has 4 nitrogen and oxygen atoms in total. The summed E-state index contributed by atoms with van der Waals surface area (Å²) in [5.41, 5.74) is 1.66. The smallest absolute Gasteiger partial charge is 0.179 e. The monoisotopic (exact) mass is 221 g/mol. The van der Waals surface area contributed by atoms with Gasteiger partial charge < -0.3 is 4.90 Å². The van der Waals surface area contributed by atoms with Crippen LogP contribution in [0.25, 0.3) is 0 Å². The number of ketones is 1. The van der Waals surface area contributed by atoms with Crippen LogP contribution in [0.2, 0.25) is 0 Å². The fourth-order valence-electron chi connectivity index (χ4n) is 2.22. The zero-order chi connectivity index (χ0) is 11.5. The van der Waals surface area contributed by atoms with Crippen LogP contribution < -0.4 is 0 Å². The molecule has 1 aromatic rings. The predicted molar refractivity (Wildman–Crippen MR) is 62.5 cm³/mol. The van der Waals surface area contributed by atoms with Crippen molar-refractivity contribution in [2.75, 3.05) is 20.1 Å². The highest BCUT2D eigenvalue weighted by Crippen LogP contribution is 2.20. The Morgan fingerprint density at radius 1 is 1.56 bits per heavy atom. The first-order valence-corrected chi connectivity index (χ1v) is 5.89. The lowest BCUT2D eigenvalue weighted by atomic mass is 9.92. The lowest BCUT2D eigenvalue weighted by Crippen LogP contribution is -2.30. The van der Waals surface area contributed by atoms with Gasteiger partial charge in [-0.2, -0.15) is 5.10 Å². The Kier molecular flexibility index (Phi) is 3.39. The summed E-state index contributed by atoms with van der Waals surface area (Å²) >= 11 is 0. The molecule has 0 saturated carbocycles. The quantitative estimate of drug-likeness (QED) is 0.787. The van der Waals surface area contributed by atoms with Gasteiger partial charge in [-0.1, -0.05) is 0 Å². The molecule has 0 atom stereocenters. The molecule has 1 aliphatic heterocycles. The van der Waals surface area contributed by atoms with E-state index in [2.05, 4.69) is 22.1 Å². The van der Waals surface area contributed by atoms with Crippen LogP contribution >= 0.6 is 0 Å². The van der Waals surface area contributed by atoms with Gasteiger partial charge in [-0.05, 0) is 51.4 Å². The fraction of sp³-hybridized carbons (Fsp3) is 0.667. The van der Waals surface area contributed by atoms with Gasteiger partial charge in [-0.25, -0.2) is 0 Å². The second kappa shape index (κ2) is 4.78. The first-order chi connectivity index (χ1) is 7.65. The first-order valence-electron chi connectivity index (χ1n) is 5.89. The molecule has 1 aromatic heterocycles. The normalized spacial score (nSPS) is 18.9. The van der Waals surface area contributed by atoms with Gasteiger partial charge in [0, 0.05) is 12.6 Å². The van der Waals surface area contributed by atoms with Crippen molar-refractivity contribution < 1.29 is 4.79 Å². The van der Waals surface area contributed by atoms with Gasteiger partial charge in [0.15, 0.2) is 5.78 Å². The van der Waals surface area contributed by atoms with E-state index in [4.69, 9.17) is 0 Å². The predicted octanol–water partition coefficient (Wildman–Crippen LogP) is 1.50. The summed E-state index contributed by atoms with van der Waals surface area (Å²) in [6.45, 7) is 3.91. The highest BCUT2D eigenvalue weighted by Gasteiger charge is 2.18. The van der Waals surface area contributed by atoms with Gasteiger partial charge in [0.1, 0.15) is 5.69 Å².